The van der Waals surface area contributed by atoms with Gasteiger partial charge < -0.3 is 10.1 Å². The second-order valence-electron chi connectivity index (χ2n) is 4.89. The van der Waals surface area contributed by atoms with Crippen LogP contribution >= 0.6 is 0 Å². The lowest BCUT2D eigenvalue weighted by atomic mass is 9.89. The molecule has 0 saturated heterocycles. The number of aromatic amines is 1. The average molecular weight is 243 g/mol. The van der Waals surface area contributed by atoms with Crippen molar-refractivity contribution in [2.45, 2.75) is 20.3 Å². The van der Waals surface area contributed by atoms with Gasteiger partial charge in [-0.3, -0.25) is 4.79 Å². The maximum atomic E-state index is 11.1. The molecular weight excluding hydrogens is 230 g/mol. The first kappa shape index (κ1) is 12.1. The Morgan fingerprint density at radius 3 is 2.89 bits per heavy atom. The summed E-state index contributed by atoms with van der Waals surface area (Å²) in [5.74, 6) is -0.242. The molecule has 0 bridgehead atoms. The minimum atomic E-state index is -0.869. The zero-order valence-electron chi connectivity index (χ0n) is 10.2. The van der Waals surface area contributed by atoms with Gasteiger partial charge in [-0.05, 0) is 32.0 Å². The molecule has 5 nitrogen and oxygen atoms in total. The summed E-state index contributed by atoms with van der Waals surface area (Å²) in [5, 5.41) is 17.9. The molecule has 2 rings (SSSR count). The van der Waals surface area contributed by atoms with Crippen LogP contribution in [-0.2, 0) is 11.2 Å². The molecule has 0 aliphatic heterocycles. The van der Waals surface area contributed by atoms with Gasteiger partial charge in [-0.15, -0.1) is 0 Å². The maximum Gasteiger partial charge on any atom is 0.309 e. The Kier molecular flexibility index (Phi) is 2.79. The van der Waals surface area contributed by atoms with E-state index in [9.17, 15) is 4.79 Å². The van der Waals surface area contributed by atoms with E-state index in [2.05, 4.69) is 16.0 Å². The lowest BCUT2D eigenvalue weighted by Crippen LogP contribution is -2.26. The average Bonchev–Trinajstić information content (AvgIpc) is 2.68. The summed E-state index contributed by atoms with van der Waals surface area (Å²) in [5.41, 5.74) is 1.18. The molecule has 1 aromatic heterocycles. The Balaban J connectivity index is 2.37. The number of carbonyl (C=O) groups is 1. The van der Waals surface area contributed by atoms with Crippen molar-refractivity contribution in [2.24, 2.45) is 5.41 Å². The van der Waals surface area contributed by atoms with E-state index in [1.54, 1.807) is 32.0 Å². The summed E-state index contributed by atoms with van der Waals surface area (Å²) in [6, 6.07) is 7.20. The predicted octanol–water partition coefficient (Wildman–Crippen LogP) is 2.09. The van der Waals surface area contributed by atoms with Crippen molar-refractivity contribution in [1.82, 2.24) is 9.97 Å². The molecule has 0 saturated carbocycles. The number of imidazole rings is 1. The van der Waals surface area contributed by atoms with E-state index in [1.807, 2.05) is 0 Å². The number of aromatic nitrogens is 2. The molecule has 0 fully saturated rings. The minimum Gasteiger partial charge on any atom is -0.481 e. The monoisotopic (exact) mass is 243 g/mol. The number of rotatable bonds is 3. The van der Waals surface area contributed by atoms with Crippen LogP contribution in [0.2, 0.25) is 0 Å². The quantitative estimate of drug-likeness (QED) is 0.863. The van der Waals surface area contributed by atoms with Gasteiger partial charge in [-0.25, -0.2) is 4.98 Å². The molecule has 2 aromatic rings. The predicted molar refractivity (Wildman–Crippen MR) is 65.9 cm³/mol. The highest BCUT2D eigenvalue weighted by molar-refractivity contribution is 5.77. The lowest BCUT2D eigenvalue weighted by Gasteiger charge is -2.16. The van der Waals surface area contributed by atoms with Gasteiger partial charge in [0.1, 0.15) is 5.82 Å². The smallest absolute Gasteiger partial charge is 0.309 e. The number of hydrogen-bond donors (Lipinski definition) is 2. The molecule has 0 aliphatic rings. The van der Waals surface area contributed by atoms with Gasteiger partial charge in [0.15, 0.2) is 0 Å². The largest absolute Gasteiger partial charge is 0.481 e. The Bertz CT molecular complexity index is 650. The van der Waals surface area contributed by atoms with Crippen molar-refractivity contribution in [3.8, 4) is 6.07 Å². The van der Waals surface area contributed by atoms with Crippen LogP contribution in [-0.4, -0.2) is 21.0 Å². The van der Waals surface area contributed by atoms with Gasteiger partial charge in [-0.2, -0.15) is 5.26 Å². The van der Waals surface area contributed by atoms with E-state index in [0.29, 0.717) is 17.8 Å². The summed E-state index contributed by atoms with van der Waals surface area (Å²) < 4.78 is 0. The second kappa shape index (κ2) is 4.15. The maximum absolute atomic E-state index is 11.1. The number of nitrogens with zero attached hydrogens (tertiary/aromatic N) is 2. The van der Waals surface area contributed by atoms with E-state index in [4.69, 9.17) is 10.4 Å². The SMILES string of the molecule is CC(C)(Cc1nc2ccc(C#N)cc2[nH]1)C(=O)O. The van der Waals surface area contributed by atoms with Crippen LogP contribution in [0.1, 0.15) is 25.2 Å². The second-order valence-corrected chi connectivity index (χ2v) is 4.89. The highest BCUT2D eigenvalue weighted by Crippen LogP contribution is 2.22. The molecule has 0 radical (unpaired) electrons. The fourth-order valence-electron chi connectivity index (χ4n) is 1.71. The van der Waals surface area contributed by atoms with E-state index >= 15 is 0 Å². The summed E-state index contributed by atoms with van der Waals surface area (Å²) in [7, 11) is 0. The normalized spacial score (nSPS) is 11.4. The fourth-order valence-corrected chi connectivity index (χ4v) is 1.71. The molecule has 0 unspecified atom stereocenters. The van der Waals surface area contributed by atoms with Crippen molar-refractivity contribution in [1.29, 1.82) is 5.26 Å². The van der Waals surface area contributed by atoms with Gasteiger partial charge in [0.05, 0.1) is 28.1 Å². The van der Waals surface area contributed by atoms with E-state index < -0.39 is 11.4 Å². The topological polar surface area (TPSA) is 89.8 Å². The van der Waals surface area contributed by atoms with Crippen molar-refractivity contribution in [2.75, 3.05) is 0 Å². The molecule has 2 N–H and O–H groups in total. The molecule has 0 spiro atoms. The Morgan fingerprint density at radius 1 is 1.56 bits per heavy atom. The van der Waals surface area contributed by atoms with Crippen molar-refractivity contribution in [3.63, 3.8) is 0 Å². The highest BCUT2D eigenvalue weighted by atomic mass is 16.4. The molecular formula is C13H13N3O2. The van der Waals surface area contributed by atoms with E-state index in [0.717, 1.165) is 11.0 Å². The highest BCUT2D eigenvalue weighted by Gasteiger charge is 2.28. The first-order valence-corrected chi connectivity index (χ1v) is 5.54. The van der Waals surface area contributed by atoms with Crippen LogP contribution in [0.5, 0.6) is 0 Å². The Hall–Kier alpha value is -2.35. The van der Waals surface area contributed by atoms with Crippen molar-refractivity contribution >= 4 is 17.0 Å². The molecule has 1 aromatic carbocycles. The standard InChI is InChI=1S/C13H13N3O2/c1-13(2,12(17)18)6-11-15-9-4-3-8(7-14)5-10(9)16-11/h3-5H,6H2,1-2H3,(H,15,16)(H,17,18). The van der Waals surface area contributed by atoms with Crippen LogP contribution in [0, 0.1) is 16.7 Å². The third-order valence-corrected chi connectivity index (χ3v) is 2.85. The van der Waals surface area contributed by atoms with Gasteiger partial charge >= 0.3 is 5.97 Å². The van der Waals surface area contributed by atoms with Crippen LogP contribution in [0.15, 0.2) is 18.2 Å². The summed E-state index contributed by atoms with van der Waals surface area (Å²) in [6.45, 7) is 3.31. The Labute approximate surface area is 104 Å². The number of carboxylic acids is 1. The lowest BCUT2D eigenvalue weighted by molar-refractivity contribution is -0.146. The molecule has 1 heterocycles. The van der Waals surface area contributed by atoms with Crippen molar-refractivity contribution in [3.05, 3.63) is 29.6 Å². The van der Waals surface area contributed by atoms with Gasteiger partial charge in [0.25, 0.3) is 0 Å². The number of carboxylic acid groups (broad SMARTS) is 1. The number of H-pyrrole nitrogens is 1. The summed E-state index contributed by atoms with van der Waals surface area (Å²) in [6.07, 6.45) is 0.318. The summed E-state index contributed by atoms with van der Waals surface area (Å²) >= 11 is 0. The van der Waals surface area contributed by atoms with E-state index in [-0.39, 0.29) is 0 Å². The molecule has 5 heteroatoms. The Morgan fingerprint density at radius 2 is 2.28 bits per heavy atom. The van der Waals surface area contributed by atoms with Crippen LogP contribution < -0.4 is 0 Å². The number of aliphatic carboxylic acids is 1. The van der Waals surface area contributed by atoms with Gasteiger partial charge in [0, 0.05) is 6.42 Å². The molecule has 0 aliphatic carbocycles. The van der Waals surface area contributed by atoms with Gasteiger partial charge in [0.2, 0.25) is 0 Å². The number of nitrogens with one attached hydrogen (secondary N) is 1. The van der Waals surface area contributed by atoms with E-state index in [1.165, 1.54) is 0 Å². The molecule has 0 amide bonds. The van der Waals surface area contributed by atoms with Gasteiger partial charge in [-0.1, -0.05) is 0 Å². The third kappa shape index (κ3) is 2.18. The third-order valence-electron chi connectivity index (χ3n) is 2.85. The fraction of sp³-hybridized carbons (Fsp3) is 0.308. The first-order chi connectivity index (χ1) is 8.42. The minimum absolute atomic E-state index is 0.318. The van der Waals surface area contributed by atoms with Crippen molar-refractivity contribution < 1.29 is 9.90 Å². The summed E-state index contributed by atoms with van der Waals surface area (Å²) in [4.78, 5) is 18.4. The number of hydrogen-bond acceptors (Lipinski definition) is 3. The van der Waals surface area contributed by atoms with Crippen LogP contribution in [0.4, 0.5) is 0 Å². The number of fused-ring (bicyclic) bond motifs is 1. The van der Waals surface area contributed by atoms with Crippen LogP contribution in [0.25, 0.3) is 11.0 Å². The molecule has 0 atom stereocenters. The zero-order valence-corrected chi connectivity index (χ0v) is 10.2. The zero-order chi connectivity index (χ0) is 13.3. The molecule has 18 heavy (non-hydrogen) atoms. The number of benzene rings is 1. The first-order valence-electron chi connectivity index (χ1n) is 5.54. The van der Waals surface area contributed by atoms with Crippen LogP contribution in [0.3, 0.4) is 0 Å². The molecule has 92 valence electrons. The number of nitriles is 1.